The molecular formula is C21H23F3N6O. The minimum Gasteiger partial charge on any atom is -0.367 e. The lowest BCUT2D eigenvalue weighted by Gasteiger charge is -2.28. The number of anilines is 3. The van der Waals surface area contributed by atoms with Crippen LogP contribution in [0.25, 0.3) is 10.8 Å². The molecule has 1 fully saturated rings. The Bertz CT molecular complexity index is 1150. The van der Waals surface area contributed by atoms with E-state index in [1.165, 1.54) is 4.57 Å². The second-order valence-corrected chi connectivity index (χ2v) is 7.87. The summed E-state index contributed by atoms with van der Waals surface area (Å²) in [5, 5.41) is 7.12. The molecule has 2 heterocycles. The smallest absolute Gasteiger partial charge is 0.367 e. The van der Waals surface area contributed by atoms with Gasteiger partial charge in [0.1, 0.15) is 11.4 Å². The summed E-state index contributed by atoms with van der Waals surface area (Å²) >= 11 is 0. The number of aromatic nitrogens is 3. The van der Waals surface area contributed by atoms with E-state index in [0.717, 1.165) is 19.0 Å². The van der Waals surface area contributed by atoms with E-state index < -0.39 is 11.7 Å². The number of aryl methyl sites for hydroxylation is 1. The van der Waals surface area contributed by atoms with Gasteiger partial charge in [-0.05, 0) is 55.3 Å². The lowest BCUT2D eigenvalue weighted by atomic mass is 9.92. The Hall–Kier alpha value is -3.14. The van der Waals surface area contributed by atoms with Crippen LogP contribution in [-0.4, -0.2) is 26.6 Å². The van der Waals surface area contributed by atoms with Crippen LogP contribution in [0.5, 0.6) is 0 Å². The maximum atomic E-state index is 13.5. The number of pyridine rings is 1. The number of hydrogen-bond acceptors (Lipinski definition) is 6. The number of alkyl halides is 3. The van der Waals surface area contributed by atoms with Crippen molar-refractivity contribution in [2.24, 2.45) is 12.8 Å². The first-order valence-corrected chi connectivity index (χ1v) is 10.0. The van der Waals surface area contributed by atoms with Crippen LogP contribution in [0.15, 0.2) is 41.5 Å². The van der Waals surface area contributed by atoms with Gasteiger partial charge in [-0.3, -0.25) is 4.79 Å². The van der Waals surface area contributed by atoms with Crippen molar-refractivity contribution in [1.29, 1.82) is 0 Å². The summed E-state index contributed by atoms with van der Waals surface area (Å²) in [4.78, 5) is 20.1. The Morgan fingerprint density at radius 3 is 2.61 bits per heavy atom. The van der Waals surface area contributed by atoms with Gasteiger partial charge in [0.2, 0.25) is 5.95 Å². The fourth-order valence-electron chi connectivity index (χ4n) is 3.77. The molecule has 0 atom stereocenters. The van der Waals surface area contributed by atoms with Crippen LogP contribution in [0.2, 0.25) is 0 Å². The number of nitrogens with two attached hydrogens (primary N) is 1. The first-order chi connectivity index (χ1) is 14.7. The van der Waals surface area contributed by atoms with Crippen molar-refractivity contribution in [3.05, 3.63) is 52.6 Å². The van der Waals surface area contributed by atoms with E-state index in [-0.39, 0.29) is 29.4 Å². The predicted octanol–water partition coefficient (Wildman–Crippen LogP) is 3.77. The molecule has 2 aromatic heterocycles. The molecule has 0 aliphatic heterocycles. The molecule has 4 rings (SSSR count). The standard InChI is InChI=1S/C21H23F3N6O/c1-30-9-8-12-10-15(6-7-16(12)19(30)31)28-20-26-11-17(21(22,23)24)18(29-20)27-14-4-2-13(25)3-5-14/h6-11,13-14H,2-5,25H2,1H3,(H2,26,27,28,29). The highest BCUT2D eigenvalue weighted by Crippen LogP contribution is 2.35. The van der Waals surface area contributed by atoms with Crippen molar-refractivity contribution in [3.8, 4) is 0 Å². The number of benzene rings is 1. The van der Waals surface area contributed by atoms with E-state index in [1.54, 1.807) is 37.5 Å². The van der Waals surface area contributed by atoms with E-state index in [0.29, 0.717) is 29.3 Å². The van der Waals surface area contributed by atoms with Crippen molar-refractivity contribution >= 4 is 28.2 Å². The van der Waals surface area contributed by atoms with Crippen molar-refractivity contribution in [1.82, 2.24) is 14.5 Å². The second-order valence-electron chi connectivity index (χ2n) is 7.87. The molecule has 1 aliphatic carbocycles. The van der Waals surface area contributed by atoms with Crippen molar-refractivity contribution in [2.75, 3.05) is 10.6 Å². The SMILES string of the molecule is Cn1ccc2cc(Nc3ncc(C(F)(F)F)c(NC4CCC(N)CC4)n3)ccc2c1=O. The van der Waals surface area contributed by atoms with Gasteiger partial charge >= 0.3 is 6.18 Å². The largest absolute Gasteiger partial charge is 0.421 e. The number of nitrogens with one attached hydrogen (secondary N) is 2. The monoisotopic (exact) mass is 432 g/mol. The number of fused-ring (bicyclic) bond motifs is 1. The predicted molar refractivity (Wildman–Crippen MR) is 113 cm³/mol. The summed E-state index contributed by atoms with van der Waals surface area (Å²) in [5.41, 5.74) is 5.42. The summed E-state index contributed by atoms with van der Waals surface area (Å²) in [6, 6.07) is 6.81. The van der Waals surface area contributed by atoms with Gasteiger partial charge in [0.15, 0.2) is 0 Å². The molecule has 4 N–H and O–H groups in total. The van der Waals surface area contributed by atoms with E-state index >= 15 is 0 Å². The fraction of sp³-hybridized carbons (Fsp3) is 0.381. The average Bonchev–Trinajstić information content (AvgIpc) is 2.72. The van der Waals surface area contributed by atoms with Gasteiger partial charge < -0.3 is 20.9 Å². The second kappa shape index (κ2) is 8.18. The van der Waals surface area contributed by atoms with Crippen LogP contribution >= 0.6 is 0 Å². The minimum atomic E-state index is -4.57. The zero-order chi connectivity index (χ0) is 22.2. The molecule has 0 bridgehead atoms. The number of hydrogen-bond donors (Lipinski definition) is 3. The van der Waals surface area contributed by atoms with E-state index in [1.807, 2.05) is 0 Å². The van der Waals surface area contributed by atoms with Crippen molar-refractivity contribution in [2.45, 2.75) is 43.9 Å². The molecule has 1 saturated carbocycles. The molecule has 0 spiro atoms. The third-order valence-electron chi connectivity index (χ3n) is 5.54. The first kappa shape index (κ1) is 21.1. The molecule has 1 aromatic carbocycles. The molecule has 31 heavy (non-hydrogen) atoms. The molecule has 164 valence electrons. The highest BCUT2D eigenvalue weighted by Gasteiger charge is 2.36. The quantitative estimate of drug-likeness (QED) is 0.581. The summed E-state index contributed by atoms with van der Waals surface area (Å²) in [7, 11) is 1.67. The summed E-state index contributed by atoms with van der Waals surface area (Å²) in [6.45, 7) is 0. The van der Waals surface area contributed by atoms with Crippen LogP contribution in [0.1, 0.15) is 31.2 Å². The van der Waals surface area contributed by atoms with Gasteiger partial charge in [-0.25, -0.2) is 4.98 Å². The molecule has 10 heteroatoms. The first-order valence-electron chi connectivity index (χ1n) is 10.0. The van der Waals surface area contributed by atoms with Gasteiger partial charge in [-0.2, -0.15) is 18.2 Å². The van der Waals surface area contributed by atoms with E-state index in [9.17, 15) is 18.0 Å². The normalized spacial score (nSPS) is 19.4. The third-order valence-corrected chi connectivity index (χ3v) is 5.54. The van der Waals surface area contributed by atoms with Crippen LogP contribution in [0, 0.1) is 0 Å². The molecule has 0 radical (unpaired) electrons. The fourth-order valence-corrected chi connectivity index (χ4v) is 3.77. The average molecular weight is 432 g/mol. The van der Waals surface area contributed by atoms with Crippen LogP contribution in [-0.2, 0) is 13.2 Å². The molecule has 7 nitrogen and oxygen atoms in total. The van der Waals surface area contributed by atoms with Gasteiger partial charge in [-0.1, -0.05) is 0 Å². The minimum absolute atomic E-state index is 0.0335. The molecule has 0 unspecified atom stereocenters. The highest BCUT2D eigenvalue weighted by atomic mass is 19.4. The molecule has 1 aliphatic rings. The Kier molecular flexibility index (Phi) is 5.57. The van der Waals surface area contributed by atoms with E-state index in [4.69, 9.17) is 5.73 Å². The van der Waals surface area contributed by atoms with Gasteiger partial charge in [-0.15, -0.1) is 0 Å². The molecule has 3 aromatic rings. The van der Waals surface area contributed by atoms with Crippen LogP contribution in [0.3, 0.4) is 0 Å². The molecule has 0 saturated heterocycles. The third kappa shape index (κ3) is 4.63. The summed E-state index contributed by atoms with van der Waals surface area (Å²) in [5.74, 6) is -0.216. The Labute approximate surface area is 176 Å². The molecular weight excluding hydrogens is 409 g/mol. The summed E-state index contributed by atoms with van der Waals surface area (Å²) in [6.07, 6.45) is 0.742. The maximum Gasteiger partial charge on any atom is 0.421 e. The zero-order valence-corrected chi connectivity index (χ0v) is 16.9. The lowest BCUT2D eigenvalue weighted by Crippen LogP contribution is -2.33. The van der Waals surface area contributed by atoms with Gasteiger partial charge in [0.25, 0.3) is 5.56 Å². The molecule has 0 amide bonds. The Morgan fingerprint density at radius 1 is 1.16 bits per heavy atom. The van der Waals surface area contributed by atoms with E-state index in [2.05, 4.69) is 20.6 Å². The Balaban J connectivity index is 1.62. The van der Waals surface area contributed by atoms with Gasteiger partial charge in [0, 0.05) is 42.6 Å². The zero-order valence-electron chi connectivity index (χ0n) is 16.9. The van der Waals surface area contributed by atoms with Crippen LogP contribution < -0.4 is 21.9 Å². The lowest BCUT2D eigenvalue weighted by molar-refractivity contribution is -0.137. The highest BCUT2D eigenvalue weighted by molar-refractivity contribution is 5.85. The van der Waals surface area contributed by atoms with Crippen molar-refractivity contribution in [3.63, 3.8) is 0 Å². The summed E-state index contributed by atoms with van der Waals surface area (Å²) < 4.78 is 41.9. The number of halogens is 3. The number of nitrogens with zero attached hydrogens (tertiary/aromatic N) is 3. The topological polar surface area (TPSA) is 97.9 Å². The van der Waals surface area contributed by atoms with Crippen molar-refractivity contribution < 1.29 is 13.2 Å². The van der Waals surface area contributed by atoms with Gasteiger partial charge in [0.05, 0.1) is 0 Å². The Morgan fingerprint density at radius 2 is 1.90 bits per heavy atom. The van der Waals surface area contributed by atoms with Crippen LogP contribution in [0.4, 0.5) is 30.6 Å². The maximum absolute atomic E-state index is 13.5. The number of rotatable bonds is 4.